The van der Waals surface area contributed by atoms with Gasteiger partial charge < -0.3 is 15.4 Å². The lowest BCUT2D eigenvalue weighted by molar-refractivity contribution is -0.119. The van der Waals surface area contributed by atoms with Gasteiger partial charge in [0.15, 0.2) is 5.15 Å². The average molecular weight is 429 g/mol. The number of carbonyl (C=O) groups is 1. The molecule has 4 N–H and O–H groups in total. The number of benzene rings is 1. The van der Waals surface area contributed by atoms with Crippen molar-refractivity contribution in [3.63, 3.8) is 0 Å². The summed E-state index contributed by atoms with van der Waals surface area (Å²) in [5.74, 6) is 0.134. The number of imidazole rings is 1. The fraction of sp³-hybridized carbons (Fsp3) is 0.444. The number of amides is 1. The zero-order chi connectivity index (χ0) is 20.7. The molecule has 2 rings (SSSR count). The number of unbranched alkanes of at least 4 members (excludes halogenated alkanes) is 1. The summed E-state index contributed by atoms with van der Waals surface area (Å²) >= 11 is 6.13. The molecule has 0 saturated carbocycles. The summed E-state index contributed by atoms with van der Waals surface area (Å²) in [6.07, 6.45) is 2.61. The molecule has 28 heavy (non-hydrogen) atoms. The van der Waals surface area contributed by atoms with Gasteiger partial charge >= 0.3 is 0 Å². The second-order valence-corrected chi connectivity index (χ2v) is 8.37. The number of aromatic nitrogens is 2. The first-order valence-corrected chi connectivity index (χ1v) is 10.9. The second kappa shape index (κ2) is 10.0. The normalized spacial score (nSPS) is 11.6. The number of rotatable bonds is 10. The minimum absolute atomic E-state index is 0.0149. The predicted molar refractivity (Wildman–Crippen MR) is 106 cm³/mol. The molecule has 0 bridgehead atoms. The van der Waals surface area contributed by atoms with E-state index in [0.717, 1.165) is 30.7 Å². The molecular weight excluding hydrogens is 404 g/mol. The lowest BCUT2D eigenvalue weighted by Gasteiger charge is -2.12. The first-order chi connectivity index (χ1) is 13.3. The zero-order valence-electron chi connectivity index (χ0n) is 15.7. The van der Waals surface area contributed by atoms with Crippen LogP contribution < -0.4 is 10.5 Å². The number of sulfonamides is 1. The van der Waals surface area contributed by atoms with Crippen molar-refractivity contribution in [2.75, 3.05) is 6.54 Å². The molecule has 0 unspecified atom stereocenters. The summed E-state index contributed by atoms with van der Waals surface area (Å²) in [6, 6.07) is 6.16. The molecule has 0 radical (unpaired) electrons. The van der Waals surface area contributed by atoms with Gasteiger partial charge in [-0.25, -0.2) is 18.1 Å². The maximum atomic E-state index is 12.2. The van der Waals surface area contributed by atoms with E-state index in [1.165, 1.54) is 12.1 Å². The third-order valence-electron chi connectivity index (χ3n) is 4.20. The minimum Gasteiger partial charge on any atom is -0.390 e. The maximum Gasteiger partial charge on any atom is 0.264 e. The second-order valence-electron chi connectivity index (χ2n) is 6.32. The van der Waals surface area contributed by atoms with Gasteiger partial charge in [0.2, 0.25) is 5.91 Å². The lowest BCUT2D eigenvalue weighted by atomic mass is 10.2. The van der Waals surface area contributed by atoms with Gasteiger partial charge in [0, 0.05) is 25.9 Å². The van der Waals surface area contributed by atoms with E-state index < -0.39 is 15.9 Å². The Hall–Kier alpha value is -1.94. The smallest absolute Gasteiger partial charge is 0.264 e. The Bertz CT molecular complexity index is 910. The fourth-order valence-corrected chi connectivity index (χ4v) is 3.99. The van der Waals surface area contributed by atoms with Crippen LogP contribution in [0, 0.1) is 0 Å². The SMILES string of the molecule is CCCCc1nc(Cl)c(CO)n1Cc1ccc(S(=O)(=O)NC(=O)CCN)cc1. The minimum atomic E-state index is -3.94. The van der Waals surface area contributed by atoms with Crippen LogP contribution in [0.1, 0.15) is 43.3 Å². The molecule has 1 heterocycles. The Morgan fingerprint density at radius 1 is 1.32 bits per heavy atom. The molecule has 1 aromatic heterocycles. The van der Waals surface area contributed by atoms with Gasteiger partial charge in [0.25, 0.3) is 10.0 Å². The number of aliphatic hydroxyl groups is 1. The predicted octanol–water partition coefficient (Wildman–Crippen LogP) is 1.57. The van der Waals surface area contributed by atoms with Crippen molar-refractivity contribution in [1.29, 1.82) is 0 Å². The van der Waals surface area contributed by atoms with Crippen molar-refractivity contribution in [1.82, 2.24) is 14.3 Å². The average Bonchev–Trinajstić information content (AvgIpc) is 2.94. The quantitative estimate of drug-likeness (QED) is 0.527. The molecule has 0 aliphatic rings. The molecule has 0 spiro atoms. The molecule has 0 fully saturated rings. The molecule has 1 amide bonds. The van der Waals surface area contributed by atoms with Crippen LogP contribution in [0.2, 0.25) is 5.15 Å². The Morgan fingerprint density at radius 2 is 2.00 bits per heavy atom. The van der Waals surface area contributed by atoms with E-state index in [-0.39, 0.29) is 29.6 Å². The van der Waals surface area contributed by atoms with Crippen molar-refractivity contribution in [2.45, 2.75) is 50.7 Å². The van der Waals surface area contributed by atoms with E-state index in [1.54, 1.807) is 12.1 Å². The van der Waals surface area contributed by atoms with E-state index in [9.17, 15) is 18.3 Å². The third kappa shape index (κ3) is 5.54. The van der Waals surface area contributed by atoms with Crippen molar-refractivity contribution >= 4 is 27.5 Å². The highest BCUT2D eigenvalue weighted by Gasteiger charge is 2.18. The van der Waals surface area contributed by atoms with Crippen LogP contribution in [0.3, 0.4) is 0 Å². The molecular formula is C18H25ClN4O4S. The van der Waals surface area contributed by atoms with Crippen LogP contribution in [0.15, 0.2) is 29.2 Å². The molecule has 10 heteroatoms. The van der Waals surface area contributed by atoms with Crippen LogP contribution >= 0.6 is 11.6 Å². The number of halogens is 1. The van der Waals surface area contributed by atoms with Gasteiger partial charge in [-0.2, -0.15) is 0 Å². The van der Waals surface area contributed by atoms with E-state index in [4.69, 9.17) is 17.3 Å². The molecule has 0 atom stereocenters. The monoisotopic (exact) mass is 428 g/mol. The van der Waals surface area contributed by atoms with Gasteiger partial charge in [-0.3, -0.25) is 4.79 Å². The van der Waals surface area contributed by atoms with Crippen molar-refractivity contribution < 1.29 is 18.3 Å². The molecule has 8 nitrogen and oxygen atoms in total. The highest BCUT2D eigenvalue weighted by Crippen LogP contribution is 2.21. The number of aliphatic hydroxyl groups excluding tert-OH is 1. The summed E-state index contributed by atoms with van der Waals surface area (Å²) in [5, 5.41) is 9.89. The standard InChI is InChI=1S/C18H25ClN4O4S/c1-2-3-4-16-21-18(19)15(12-24)23(16)11-13-5-7-14(8-6-13)28(26,27)22-17(25)9-10-20/h5-8,24H,2-4,9-12,20H2,1H3,(H,22,25). The molecule has 154 valence electrons. The zero-order valence-corrected chi connectivity index (χ0v) is 17.3. The summed E-state index contributed by atoms with van der Waals surface area (Å²) in [6.45, 7) is 2.31. The number of nitrogens with two attached hydrogens (primary N) is 1. The van der Waals surface area contributed by atoms with Crippen molar-refractivity contribution in [3.05, 3.63) is 46.5 Å². The van der Waals surface area contributed by atoms with Gasteiger partial charge in [-0.1, -0.05) is 37.1 Å². The van der Waals surface area contributed by atoms with E-state index >= 15 is 0 Å². The number of hydrogen-bond donors (Lipinski definition) is 3. The Labute approximate surface area is 169 Å². The first-order valence-electron chi connectivity index (χ1n) is 9.01. The number of nitrogens with zero attached hydrogens (tertiary/aromatic N) is 2. The molecule has 1 aromatic carbocycles. The van der Waals surface area contributed by atoms with Gasteiger partial charge in [0.05, 0.1) is 17.2 Å². The van der Waals surface area contributed by atoms with Gasteiger partial charge in [-0.15, -0.1) is 0 Å². The van der Waals surface area contributed by atoms with Crippen LogP contribution in [-0.2, 0) is 34.4 Å². The first kappa shape index (κ1) is 22.4. The maximum absolute atomic E-state index is 12.2. The van der Waals surface area contributed by atoms with Crippen LogP contribution in [0.5, 0.6) is 0 Å². The summed E-state index contributed by atoms with van der Waals surface area (Å²) in [4.78, 5) is 15.8. The topological polar surface area (TPSA) is 127 Å². The van der Waals surface area contributed by atoms with Crippen molar-refractivity contribution in [2.24, 2.45) is 5.73 Å². The van der Waals surface area contributed by atoms with Crippen LogP contribution in [-0.4, -0.2) is 35.5 Å². The summed E-state index contributed by atoms with van der Waals surface area (Å²) < 4.78 is 28.3. The molecule has 0 aliphatic carbocycles. The highest BCUT2D eigenvalue weighted by molar-refractivity contribution is 7.90. The van der Waals surface area contributed by atoms with E-state index in [2.05, 4.69) is 11.9 Å². The summed E-state index contributed by atoms with van der Waals surface area (Å²) in [5.41, 5.74) is 6.60. The van der Waals surface area contributed by atoms with Gasteiger partial charge in [-0.05, 0) is 24.1 Å². The van der Waals surface area contributed by atoms with E-state index in [1.807, 2.05) is 9.29 Å². The number of hydrogen-bond acceptors (Lipinski definition) is 6. The number of aryl methyl sites for hydroxylation is 1. The highest BCUT2D eigenvalue weighted by atomic mass is 35.5. The van der Waals surface area contributed by atoms with Crippen LogP contribution in [0.4, 0.5) is 0 Å². The lowest BCUT2D eigenvalue weighted by Crippen LogP contribution is -2.31. The number of nitrogens with one attached hydrogen (secondary N) is 1. The number of carbonyl (C=O) groups excluding carboxylic acids is 1. The largest absolute Gasteiger partial charge is 0.390 e. The Balaban J connectivity index is 2.22. The third-order valence-corrected chi connectivity index (χ3v) is 5.89. The Kier molecular flexibility index (Phi) is 7.99. The summed E-state index contributed by atoms with van der Waals surface area (Å²) in [7, 11) is -3.94. The van der Waals surface area contributed by atoms with Gasteiger partial charge in [0.1, 0.15) is 5.82 Å². The van der Waals surface area contributed by atoms with Crippen LogP contribution in [0.25, 0.3) is 0 Å². The molecule has 2 aromatic rings. The Morgan fingerprint density at radius 3 is 2.57 bits per heavy atom. The van der Waals surface area contributed by atoms with Crippen molar-refractivity contribution in [3.8, 4) is 0 Å². The fourth-order valence-electron chi connectivity index (χ4n) is 2.72. The molecule has 0 saturated heterocycles. The molecule has 0 aliphatic heterocycles. The van der Waals surface area contributed by atoms with E-state index in [0.29, 0.717) is 12.2 Å².